The zero-order valence-electron chi connectivity index (χ0n) is 18.1. The molecule has 1 heterocycles. The van der Waals surface area contributed by atoms with Gasteiger partial charge in [-0.2, -0.15) is 0 Å². The van der Waals surface area contributed by atoms with Gasteiger partial charge in [-0.25, -0.2) is 0 Å². The number of allylic oxidation sites excluding steroid dienone is 2. The van der Waals surface area contributed by atoms with Gasteiger partial charge < -0.3 is 15.4 Å². The van der Waals surface area contributed by atoms with Crippen molar-refractivity contribution in [2.24, 2.45) is 10.9 Å². The highest BCUT2D eigenvalue weighted by atomic mass is 16.5. The first-order valence-corrected chi connectivity index (χ1v) is 10.1. The summed E-state index contributed by atoms with van der Waals surface area (Å²) in [5, 5.41) is 22.5. The lowest BCUT2D eigenvalue weighted by atomic mass is 10.0. The smallest absolute Gasteiger partial charge is 0.349 e. The fourth-order valence-electron chi connectivity index (χ4n) is 3.30. The first kappa shape index (κ1) is 21.6. The van der Waals surface area contributed by atoms with Crippen molar-refractivity contribution in [3.8, 4) is 0 Å². The maximum Gasteiger partial charge on any atom is 0.384 e. The summed E-state index contributed by atoms with van der Waals surface area (Å²) in [6, 6.07) is 15.8. The van der Waals surface area contributed by atoms with Gasteiger partial charge in [-0.15, -0.1) is 0 Å². The van der Waals surface area contributed by atoms with Crippen molar-refractivity contribution in [1.29, 1.82) is 5.41 Å². The lowest BCUT2D eigenvalue weighted by Gasteiger charge is -2.09. The van der Waals surface area contributed by atoms with Crippen LogP contribution in [0.1, 0.15) is 23.6 Å². The van der Waals surface area contributed by atoms with Crippen LogP contribution in [0.2, 0.25) is 0 Å². The van der Waals surface area contributed by atoms with Gasteiger partial charge in [-0.1, -0.05) is 49.4 Å². The van der Waals surface area contributed by atoms with Gasteiger partial charge in [-0.3, -0.25) is 5.41 Å². The van der Waals surface area contributed by atoms with E-state index in [1.165, 1.54) is 5.56 Å². The number of aliphatic imine (C=N–C) groups is 1. The van der Waals surface area contributed by atoms with Crippen LogP contribution in [-0.4, -0.2) is 53.2 Å². The summed E-state index contributed by atoms with van der Waals surface area (Å²) in [7, 11) is 5.98. The van der Waals surface area contributed by atoms with Crippen LogP contribution in [-0.2, 0) is 13.1 Å². The molecule has 1 aliphatic heterocycles. The molecule has 156 valence electrons. The van der Waals surface area contributed by atoms with Gasteiger partial charge in [0.1, 0.15) is 5.71 Å². The molecule has 0 saturated carbocycles. The van der Waals surface area contributed by atoms with Gasteiger partial charge in [-0.05, 0) is 60.2 Å². The van der Waals surface area contributed by atoms with Gasteiger partial charge >= 0.3 is 5.84 Å². The van der Waals surface area contributed by atoms with Crippen LogP contribution in [0.15, 0.2) is 65.7 Å². The topological polar surface area (TPSA) is 74.7 Å². The molecule has 3 N–H and O–H groups in total. The molecule has 2 aromatic rings. The lowest BCUT2D eigenvalue weighted by molar-refractivity contribution is -0.712. The Balaban J connectivity index is 1.99. The zero-order chi connectivity index (χ0) is 21.7. The van der Waals surface area contributed by atoms with Gasteiger partial charge in [0, 0.05) is 24.6 Å². The van der Waals surface area contributed by atoms with E-state index >= 15 is 0 Å². The number of rotatable bonds is 6. The number of nitrogens with one attached hydrogen (secondary N) is 2. The summed E-state index contributed by atoms with van der Waals surface area (Å²) in [5.41, 5.74) is 4.86. The average Bonchev–Trinajstić information content (AvgIpc) is 2.88. The molecule has 0 bridgehead atoms. The van der Waals surface area contributed by atoms with E-state index in [0.29, 0.717) is 5.69 Å². The van der Waals surface area contributed by atoms with Crippen molar-refractivity contribution in [2.75, 3.05) is 21.1 Å². The van der Waals surface area contributed by atoms with Crippen LogP contribution < -0.4 is 5.32 Å². The second-order valence-electron chi connectivity index (χ2n) is 7.83. The van der Waals surface area contributed by atoms with Crippen molar-refractivity contribution in [1.82, 2.24) is 10.2 Å². The number of hydrogen-bond donors (Lipinski definition) is 3. The average molecular weight is 405 g/mol. The molecule has 0 spiro atoms. The van der Waals surface area contributed by atoms with E-state index in [-0.39, 0.29) is 17.5 Å². The fraction of sp³-hybridized carbons (Fsp3) is 0.292. The normalized spacial score (nSPS) is 18.4. The Bertz CT molecular complexity index is 985. The molecule has 1 unspecified atom stereocenters. The highest BCUT2D eigenvalue weighted by Crippen LogP contribution is 2.18. The Morgan fingerprint density at radius 1 is 1.07 bits per heavy atom. The molecule has 2 aromatic carbocycles. The molecule has 1 aliphatic rings. The summed E-state index contributed by atoms with van der Waals surface area (Å²) >= 11 is 0. The third-order valence-corrected chi connectivity index (χ3v) is 4.98. The zero-order valence-corrected chi connectivity index (χ0v) is 18.1. The molecule has 0 aromatic heterocycles. The molecule has 0 saturated heterocycles. The summed E-state index contributed by atoms with van der Waals surface area (Å²) in [4.78, 5) is 6.80. The van der Waals surface area contributed by atoms with E-state index in [4.69, 9.17) is 5.41 Å². The number of nitrogens with zero attached hydrogens (tertiary/aromatic N) is 3. The first-order valence-electron chi connectivity index (χ1n) is 10.1. The fourth-order valence-corrected chi connectivity index (χ4v) is 3.30. The molecule has 1 atom stereocenters. The van der Waals surface area contributed by atoms with Gasteiger partial charge in [0.25, 0.3) is 0 Å². The summed E-state index contributed by atoms with van der Waals surface area (Å²) in [6.07, 6.45) is 3.88. The van der Waals surface area contributed by atoms with Crippen molar-refractivity contribution in [3.05, 3.63) is 77.4 Å². The largest absolute Gasteiger partial charge is 0.384 e. The molecule has 0 amide bonds. The third kappa shape index (κ3) is 5.09. The van der Waals surface area contributed by atoms with Crippen LogP contribution in [0.3, 0.4) is 0 Å². The first-order chi connectivity index (χ1) is 14.4. The standard InChI is InChI=1S/C24H30N5O/c1-17-5-14-22(20-10-6-19(7-11-20)16-28(3)4)27-24(23(17)25)29(30)21-12-8-18(9-13-21)15-26-2/h5-14,17,25-26,30H,15-16H2,1-4H3/q+1. The molecule has 6 nitrogen and oxygen atoms in total. The Hall–Kier alpha value is -3.09. The molecule has 30 heavy (non-hydrogen) atoms. The molecule has 0 radical (unpaired) electrons. The van der Waals surface area contributed by atoms with Crippen LogP contribution in [0.4, 0.5) is 5.69 Å². The van der Waals surface area contributed by atoms with Crippen LogP contribution in [0.25, 0.3) is 0 Å². The van der Waals surface area contributed by atoms with Crippen molar-refractivity contribution < 1.29 is 9.95 Å². The van der Waals surface area contributed by atoms with Crippen molar-refractivity contribution >= 4 is 22.9 Å². The second-order valence-corrected chi connectivity index (χ2v) is 7.83. The minimum atomic E-state index is -0.160. The minimum absolute atomic E-state index is 0.160. The Labute approximate surface area is 178 Å². The summed E-state index contributed by atoms with van der Waals surface area (Å²) < 4.78 is 1.01. The summed E-state index contributed by atoms with van der Waals surface area (Å²) in [6.45, 7) is 3.56. The molecule has 0 aliphatic carbocycles. The predicted molar refractivity (Wildman–Crippen MR) is 122 cm³/mol. The van der Waals surface area contributed by atoms with Crippen LogP contribution in [0.5, 0.6) is 0 Å². The monoisotopic (exact) mass is 404 g/mol. The van der Waals surface area contributed by atoms with Gasteiger partial charge in [0.05, 0.1) is 0 Å². The maximum atomic E-state index is 10.9. The van der Waals surface area contributed by atoms with E-state index in [9.17, 15) is 5.21 Å². The second kappa shape index (κ2) is 9.61. The predicted octanol–water partition coefficient (Wildman–Crippen LogP) is 3.61. The number of hydrogen-bond acceptors (Lipinski definition) is 4. The van der Waals surface area contributed by atoms with Crippen LogP contribution in [0, 0.1) is 11.3 Å². The number of amidine groups is 1. The van der Waals surface area contributed by atoms with E-state index in [2.05, 4.69) is 27.3 Å². The molecule has 0 fully saturated rings. The minimum Gasteiger partial charge on any atom is -0.349 e. The molecule has 3 rings (SSSR count). The Morgan fingerprint density at radius 2 is 1.70 bits per heavy atom. The van der Waals surface area contributed by atoms with Gasteiger partial charge in [0.15, 0.2) is 11.4 Å². The van der Waals surface area contributed by atoms with E-state index < -0.39 is 0 Å². The SMILES string of the molecule is CNCc1ccc([N+](O)=C2N=C(c3ccc(CN(C)C)cc3)C=CC(C)C2=N)cc1. The molecular formula is C24H30N5O+. The van der Waals surface area contributed by atoms with E-state index in [0.717, 1.165) is 34.7 Å². The van der Waals surface area contributed by atoms with Crippen molar-refractivity contribution in [2.45, 2.75) is 20.0 Å². The third-order valence-electron chi connectivity index (χ3n) is 4.98. The van der Waals surface area contributed by atoms with E-state index in [1.807, 2.05) is 76.6 Å². The lowest BCUT2D eigenvalue weighted by Crippen LogP contribution is -2.25. The summed E-state index contributed by atoms with van der Waals surface area (Å²) in [5.74, 6) is 0.0775. The Kier molecular flexibility index (Phi) is 6.92. The van der Waals surface area contributed by atoms with Gasteiger partial charge in [0.2, 0.25) is 0 Å². The number of benzene rings is 2. The highest BCUT2D eigenvalue weighted by Gasteiger charge is 2.29. The molecule has 6 heteroatoms. The Morgan fingerprint density at radius 3 is 2.30 bits per heavy atom. The maximum absolute atomic E-state index is 10.9. The molecular weight excluding hydrogens is 374 g/mol. The van der Waals surface area contributed by atoms with E-state index in [1.54, 1.807) is 0 Å². The highest BCUT2D eigenvalue weighted by molar-refractivity contribution is 6.42. The quantitative estimate of drug-likeness (QED) is 0.391. The van der Waals surface area contributed by atoms with Crippen molar-refractivity contribution in [3.63, 3.8) is 0 Å². The van der Waals surface area contributed by atoms with Crippen LogP contribution >= 0.6 is 0 Å².